The summed E-state index contributed by atoms with van der Waals surface area (Å²) in [4.78, 5) is 0. The van der Waals surface area contributed by atoms with Gasteiger partial charge in [0.05, 0.1) is 12.4 Å². The fourth-order valence-corrected chi connectivity index (χ4v) is 3.22. The first-order valence-electron chi connectivity index (χ1n) is 5.36. The molecule has 1 rings (SSSR count). The second-order valence-corrected chi connectivity index (χ2v) is 5.72. The van der Waals surface area contributed by atoms with Gasteiger partial charge < -0.3 is 10.1 Å². The van der Waals surface area contributed by atoms with Gasteiger partial charge in [-0.1, -0.05) is 0 Å². The quantitative estimate of drug-likeness (QED) is 0.720. The molecule has 0 bridgehead atoms. The number of hydrogen-bond donors (Lipinski definition) is 1. The zero-order chi connectivity index (χ0) is 11.3. The van der Waals surface area contributed by atoms with E-state index in [1.807, 2.05) is 13.8 Å². The van der Waals surface area contributed by atoms with Gasteiger partial charge in [-0.25, -0.2) is 8.42 Å². The highest BCUT2D eigenvalue weighted by atomic mass is 35.5. The van der Waals surface area contributed by atoms with Crippen LogP contribution in [0.25, 0.3) is 0 Å². The molecule has 0 aromatic carbocycles. The number of ether oxygens (including phenoxy) is 1. The van der Waals surface area contributed by atoms with Crippen molar-refractivity contribution in [1.82, 2.24) is 9.62 Å². The van der Waals surface area contributed by atoms with E-state index >= 15 is 0 Å². The minimum absolute atomic E-state index is 0. The van der Waals surface area contributed by atoms with Crippen molar-refractivity contribution in [2.45, 2.75) is 19.9 Å². The molecule has 1 saturated heterocycles. The molecule has 98 valence electrons. The molecule has 1 N–H and O–H groups in total. The summed E-state index contributed by atoms with van der Waals surface area (Å²) in [6.07, 6.45) is 0. The number of sulfonamides is 1. The Labute approximate surface area is 104 Å². The van der Waals surface area contributed by atoms with E-state index in [-0.39, 0.29) is 30.8 Å². The molecule has 0 unspecified atom stereocenters. The van der Waals surface area contributed by atoms with Crippen molar-refractivity contribution >= 4 is 22.4 Å². The number of halogens is 1. The van der Waals surface area contributed by atoms with E-state index in [0.717, 1.165) is 13.1 Å². The molecular formula is C9H21ClN2O3S. The monoisotopic (exact) mass is 272 g/mol. The Bertz CT molecular complexity index is 284. The normalized spacial score (nSPS) is 22.8. The van der Waals surface area contributed by atoms with Gasteiger partial charge in [0.25, 0.3) is 0 Å². The molecule has 1 atom stereocenters. The van der Waals surface area contributed by atoms with Crippen molar-refractivity contribution in [2.75, 3.05) is 38.6 Å². The summed E-state index contributed by atoms with van der Waals surface area (Å²) in [6.45, 7) is 6.66. The molecule has 0 aromatic rings. The summed E-state index contributed by atoms with van der Waals surface area (Å²) < 4.78 is 30.4. The van der Waals surface area contributed by atoms with Crippen LogP contribution in [0.1, 0.15) is 13.8 Å². The Kier molecular flexibility index (Phi) is 7.50. The van der Waals surface area contributed by atoms with Crippen LogP contribution in [0.4, 0.5) is 0 Å². The second kappa shape index (κ2) is 7.45. The van der Waals surface area contributed by atoms with E-state index in [2.05, 4.69) is 5.32 Å². The van der Waals surface area contributed by atoms with Crippen LogP contribution in [0.5, 0.6) is 0 Å². The number of nitrogens with zero attached hydrogens (tertiary/aromatic N) is 1. The Morgan fingerprint density at radius 3 is 2.75 bits per heavy atom. The number of nitrogens with one attached hydrogen (secondary N) is 1. The lowest BCUT2D eigenvalue weighted by Crippen LogP contribution is -2.53. The van der Waals surface area contributed by atoms with Gasteiger partial charge >= 0.3 is 0 Å². The molecule has 1 aliphatic heterocycles. The number of piperazine rings is 1. The zero-order valence-corrected chi connectivity index (χ0v) is 11.4. The van der Waals surface area contributed by atoms with Crippen LogP contribution in [0.2, 0.25) is 0 Å². The van der Waals surface area contributed by atoms with Crippen LogP contribution in [-0.4, -0.2) is 57.4 Å². The van der Waals surface area contributed by atoms with Gasteiger partial charge in [0.15, 0.2) is 0 Å². The highest BCUT2D eigenvalue weighted by molar-refractivity contribution is 7.89. The molecule has 1 aliphatic rings. The minimum Gasteiger partial charge on any atom is -0.381 e. The molecule has 0 saturated carbocycles. The van der Waals surface area contributed by atoms with Crippen molar-refractivity contribution in [2.24, 2.45) is 0 Å². The number of rotatable bonds is 5. The third kappa shape index (κ3) is 4.55. The smallest absolute Gasteiger partial charge is 0.216 e. The predicted octanol–water partition coefficient (Wildman–Crippen LogP) is 0.0682. The minimum atomic E-state index is -3.14. The molecule has 0 aliphatic carbocycles. The van der Waals surface area contributed by atoms with E-state index in [1.165, 1.54) is 0 Å². The van der Waals surface area contributed by atoms with Gasteiger partial charge in [0.2, 0.25) is 10.0 Å². The maximum absolute atomic E-state index is 11.9. The summed E-state index contributed by atoms with van der Waals surface area (Å²) in [6, 6.07) is 0.0466. The lowest BCUT2D eigenvalue weighted by molar-refractivity contribution is 0.161. The lowest BCUT2D eigenvalue weighted by atomic mass is 10.3. The van der Waals surface area contributed by atoms with Crippen LogP contribution >= 0.6 is 12.4 Å². The third-order valence-corrected chi connectivity index (χ3v) is 4.43. The molecular weight excluding hydrogens is 252 g/mol. The molecule has 0 radical (unpaired) electrons. The van der Waals surface area contributed by atoms with Crippen molar-refractivity contribution in [3.05, 3.63) is 0 Å². The van der Waals surface area contributed by atoms with Crippen LogP contribution in [0, 0.1) is 0 Å². The van der Waals surface area contributed by atoms with Gasteiger partial charge in [-0.2, -0.15) is 4.31 Å². The van der Waals surface area contributed by atoms with Crippen molar-refractivity contribution in [3.63, 3.8) is 0 Å². The van der Waals surface area contributed by atoms with Gasteiger partial charge in [-0.3, -0.25) is 0 Å². The fraction of sp³-hybridized carbons (Fsp3) is 1.00. The SMILES string of the molecule is CCOCCS(=O)(=O)N1CCNC[C@H]1C.Cl. The molecule has 5 nitrogen and oxygen atoms in total. The third-order valence-electron chi connectivity index (χ3n) is 2.49. The highest BCUT2D eigenvalue weighted by Gasteiger charge is 2.28. The van der Waals surface area contributed by atoms with E-state index in [9.17, 15) is 8.42 Å². The van der Waals surface area contributed by atoms with Crippen LogP contribution in [0.15, 0.2) is 0 Å². The summed E-state index contributed by atoms with van der Waals surface area (Å²) >= 11 is 0. The topological polar surface area (TPSA) is 58.6 Å². The van der Waals surface area contributed by atoms with Gasteiger partial charge in [0, 0.05) is 32.3 Å². The average Bonchev–Trinajstić information content (AvgIpc) is 2.18. The average molecular weight is 273 g/mol. The van der Waals surface area contributed by atoms with E-state index in [4.69, 9.17) is 4.74 Å². The van der Waals surface area contributed by atoms with Crippen molar-refractivity contribution in [1.29, 1.82) is 0 Å². The first kappa shape index (κ1) is 16.1. The maximum atomic E-state index is 11.9. The molecule has 0 amide bonds. The van der Waals surface area contributed by atoms with Gasteiger partial charge in [-0.15, -0.1) is 12.4 Å². The first-order chi connectivity index (χ1) is 7.08. The molecule has 0 spiro atoms. The molecule has 1 fully saturated rings. The maximum Gasteiger partial charge on any atom is 0.216 e. The summed E-state index contributed by atoms with van der Waals surface area (Å²) in [5.41, 5.74) is 0. The highest BCUT2D eigenvalue weighted by Crippen LogP contribution is 2.09. The van der Waals surface area contributed by atoms with E-state index in [1.54, 1.807) is 4.31 Å². The van der Waals surface area contributed by atoms with Gasteiger partial charge in [-0.05, 0) is 13.8 Å². The van der Waals surface area contributed by atoms with E-state index < -0.39 is 10.0 Å². The van der Waals surface area contributed by atoms with Crippen LogP contribution in [0.3, 0.4) is 0 Å². The standard InChI is InChI=1S/C9H20N2O3S.ClH/c1-3-14-6-7-15(12,13)11-5-4-10-8-9(11)2;/h9-10H,3-8H2,1-2H3;1H/t9-;/m1./s1. The molecule has 0 aromatic heterocycles. The Balaban J connectivity index is 0.00000225. The summed E-state index contributed by atoms with van der Waals surface area (Å²) in [5, 5.41) is 3.17. The summed E-state index contributed by atoms with van der Waals surface area (Å²) in [5.74, 6) is 0.0885. The van der Waals surface area contributed by atoms with E-state index in [0.29, 0.717) is 13.2 Å². The van der Waals surface area contributed by atoms with Crippen molar-refractivity contribution < 1.29 is 13.2 Å². The Morgan fingerprint density at radius 2 is 2.19 bits per heavy atom. The predicted molar refractivity (Wildman–Crippen MR) is 66.6 cm³/mol. The van der Waals surface area contributed by atoms with Crippen molar-refractivity contribution in [3.8, 4) is 0 Å². The van der Waals surface area contributed by atoms with Gasteiger partial charge in [0.1, 0.15) is 0 Å². The zero-order valence-electron chi connectivity index (χ0n) is 9.81. The van der Waals surface area contributed by atoms with Crippen LogP contribution in [-0.2, 0) is 14.8 Å². The first-order valence-corrected chi connectivity index (χ1v) is 6.97. The summed E-state index contributed by atoms with van der Waals surface area (Å²) in [7, 11) is -3.14. The largest absolute Gasteiger partial charge is 0.381 e. The second-order valence-electron chi connectivity index (χ2n) is 3.68. The van der Waals surface area contributed by atoms with Crippen LogP contribution < -0.4 is 5.32 Å². The Morgan fingerprint density at radius 1 is 1.50 bits per heavy atom. The number of hydrogen-bond acceptors (Lipinski definition) is 4. The molecule has 1 heterocycles. The fourth-order valence-electron chi connectivity index (χ4n) is 1.66. The Hall–Kier alpha value is 0.120. The molecule has 16 heavy (non-hydrogen) atoms. The molecule has 7 heteroatoms. The lowest BCUT2D eigenvalue weighted by Gasteiger charge is -2.32.